The number of hydrogen-bond acceptors (Lipinski definition) is 7. The second-order valence-electron chi connectivity index (χ2n) is 4.92. The van der Waals surface area contributed by atoms with E-state index in [4.69, 9.17) is 0 Å². The van der Waals surface area contributed by atoms with Gasteiger partial charge in [0.25, 0.3) is 0 Å². The standard InChI is InChI=1S/C12H19N5O3S/c1-16(7-3-4-11(19)20-2)10(18)8-21-12-13-14-15-17(12)9-5-6-9/h9H,3-8H2,1-2H3. The van der Waals surface area contributed by atoms with Crippen molar-refractivity contribution >= 4 is 23.6 Å². The van der Waals surface area contributed by atoms with Crippen LogP contribution in [0.5, 0.6) is 0 Å². The molecule has 0 unspecified atom stereocenters. The molecule has 21 heavy (non-hydrogen) atoms. The number of amides is 1. The molecule has 0 saturated heterocycles. The second kappa shape index (κ2) is 7.39. The van der Waals surface area contributed by atoms with Crippen LogP contribution in [0.25, 0.3) is 0 Å². The maximum absolute atomic E-state index is 12.0. The lowest BCUT2D eigenvalue weighted by Crippen LogP contribution is -2.29. The summed E-state index contributed by atoms with van der Waals surface area (Å²) in [5.41, 5.74) is 0. The number of hydrogen-bond donors (Lipinski definition) is 0. The molecular weight excluding hydrogens is 294 g/mol. The van der Waals surface area contributed by atoms with Crippen molar-refractivity contribution in [3.8, 4) is 0 Å². The highest BCUT2D eigenvalue weighted by molar-refractivity contribution is 7.99. The third kappa shape index (κ3) is 4.69. The molecule has 0 radical (unpaired) electrons. The summed E-state index contributed by atoms with van der Waals surface area (Å²) in [4.78, 5) is 24.6. The molecule has 116 valence electrons. The molecule has 0 N–H and O–H groups in total. The molecule has 8 nitrogen and oxygen atoms in total. The van der Waals surface area contributed by atoms with Crippen LogP contribution in [-0.2, 0) is 14.3 Å². The Labute approximate surface area is 127 Å². The van der Waals surface area contributed by atoms with Gasteiger partial charge >= 0.3 is 5.97 Å². The van der Waals surface area contributed by atoms with Crippen molar-refractivity contribution in [2.45, 2.75) is 36.9 Å². The van der Waals surface area contributed by atoms with Crippen LogP contribution in [0.1, 0.15) is 31.7 Å². The van der Waals surface area contributed by atoms with Gasteiger partial charge in [-0.2, -0.15) is 0 Å². The van der Waals surface area contributed by atoms with E-state index in [2.05, 4.69) is 20.3 Å². The van der Waals surface area contributed by atoms with Crippen molar-refractivity contribution in [3.05, 3.63) is 0 Å². The number of esters is 1. The predicted molar refractivity (Wildman–Crippen MR) is 75.7 cm³/mol. The van der Waals surface area contributed by atoms with Crippen LogP contribution in [-0.4, -0.2) is 63.4 Å². The summed E-state index contributed by atoms with van der Waals surface area (Å²) in [5, 5.41) is 12.2. The van der Waals surface area contributed by atoms with Crippen LogP contribution in [0, 0.1) is 0 Å². The van der Waals surface area contributed by atoms with Gasteiger partial charge in [0.2, 0.25) is 11.1 Å². The van der Waals surface area contributed by atoms with E-state index >= 15 is 0 Å². The van der Waals surface area contributed by atoms with Crippen molar-refractivity contribution < 1.29 is 14.3 Å². The average Bonchev–Trinajstić information content (AvgIpc) is 3.22. The molecule has 2 rings (SSSR count). The zero-order chi connectivity index (χ0) is 15.2. The molecule has 1 heterocycles. The Kier molecular flexibility index (Phi) is 5.54. The first-order valence-electron chi connectivity index (χ1n) is 6.83. The molecule has 1 fully saturated rings. The Bertz CT molecular complexity index is 503. The number of carbonyl (C=O) groups excluding carboxylic acids is 2. The molecule has 0 aromatic carbocycles. The van der Waals surface area contributed by atoms with E-state index in [1.807, 2.05) is 0 Å². The molecule has 1 aromatic rings. The van der Waals surface area contributed by atoms with Crippen LogP contribution in [0.15, 0.2) is 5.16 Å². The Balaban J connectivity index is 1.70. The fraction of sp³-hybridized carbons (Fsp3) is 0.750. The Hall–Kier alpha value is -1.64. The smallest absolute Gasteiger partial charge is 0.305 e. The lowest BCUT2D eigenvalue weighted by molar-refractivity contribution is -0.141. The SMILES string of the molecule is COC(=O)CCCN(C)C(=O)CSc1nnnn1C1CC1. The number of nitrogens with zero attached hydrogens (tertiary/aromatic N) is 5. The minimum atomic E-state index is -0.256. The lowest BCUT2D eigenvalue weighted by Gasteiger charge is -2.16. The molecule has 1 aromatic heterocycles. The number of carbonyl (C=O) groups is 2. The molecule has 1 aliphatic rings. The second-order valence-corrected chi connectivity index (χ2v) is 5.86. The number of methoxy groups -OCH3 is 1. The molecule has 0 spiro atoms. The zero-order valence-corrected chi connectivity index (χ0v) is 13.0. The number of aromatic nitrogens is 4. The maximum Gasteiger partial charge on any atom is 0.305 e. The van der Waals surface area contributed by atoms with Crippen molar-refractivity contribution in [1.82, 2.24) is 25.1 Å². The Morgan fingerprint density at radius 1 is 1.48 bits per heavy atom. The van der Waals surface area contributed by atoms with Crippen molar-refractivity contribution in [2.75, 3.05) is 26.5 Å². The number of rotatable bonds is 8. The van der Waals surface area contributed by atoms with Crippen LogP contribution in [0.4, 0.5) is 0 Å². The number of thioether (sulfide) groups is 1. The molecule has 1 saturated carbocycles. The number of tetrazole rings is 1. The molecule has 0 atom stereocenters. The lowest BCUT2D eigenvalue weighted by atomic mass is 10.3. The van der Waals surface area contributed by atoms with Crippen molar-refractivity contribution in [3.63, 3.8) is 0 Å². The van der Waals surface area contributed by atoms with Gasteiger partial charge in [0.05, 0.1) is 18.9 Å². The summed E-state index contributed by atoms with van der Waals surface area (Å²) in [6, 6.07) is 0.399. The summed E-state index contributed by atoms with van der Waals surface area (Å²) < 4.78 is 6.35. The summed E-state index contributed by atoms with van der Waals surface area (Å²) in [5.74, 6) is 0.0333. The van der Waals surface area contributed by atoms with Crippen LogP contribution < -0.4 is 0 Å². The maximum atomic E-state index is 12.0. The third-order valence-corrected chi connectivity index (χ3v) is 4.13. The Morgan fingerprint density at radius 3 is 2.90 bits per heavy atom. The Morgan fingerprint density at radius 2 is 2.24 bits per heavy atom. The minimum Gasteiger partial charge on any atom is -0.469 e. The minimum absolute atomic E-state index is 0.00443. The quantitative estimate of drug-likeness (QED) is 0.510. The summed E-state index contributed by atoms with van der Waals surface area (Å²) >= 11 is 1.35. The normalized spacial score (nSPS) is 14.0. The molecular formula is C12H19N5O3S. The fourth-order valence-corrected chi connectivity index (χ4v) is 2.64. The van der Waals surface area contributed by atoms with Gasteiger partial charge in [0, 0.05) is 20.0 Å². The van der Waals surface area contributed by atoms with E-state index in [1.165, 1.54) is 18.9 Å². The van der Waals surface area contributed by atoms with E-state index in [0.717, 1.165) is 12.8 Å². The molecule has 9 heteroatoms. The molecule has 0 bridgehead atoms. The first-order chi connectivity index (χ1) is 10.1. The summed E-state index contributed by atoms with van der Waals surface area (Å²) in [6.07, 6.45) is 3.11. The monoisotopic (exact) mass is 313 g/mol. The van der Waals surface area contributed by atoms with Crippen LogP contribution in [0.3, 0.4) is 0 Å². The first kappa shape index (κ1) is 15.7. The van der Waals surface area contributed by atoms with Crippen molar-refractivity contribution in [1.29, 1.82) is 0 Å². The highest BCUT2D eigenvalue weighted by Crippen LogP contribution is 2.36. The van der Waals surface area contributed by atoms with E-state index in [1.54, 1.807) is 16.6 Å². The highest BCUT2D eigenvalue weighted by Gasteiger charge is 2.28. The first-order valence-corrected chi connectivity index (χ1v) is 7.82. The average molecular weight is 313 g/mol. The molecule has 0 aliphatic heterocycles. The van der Waals surface area contributed by atoms with E-state index in [-0.39, 0.29) is 11.9 Å². The number of ether oxygens (including phenoxy) is 1. The van der Waals surface area contributed by atoms with Gasteiger partial charge in [-0.05, 0) is 29.7 Å². The molecule has 1 amide bonds. The van der Waals surface area contributed by atoms with Gasteiger partial charge in [-0.1, -0.05) is 11.8 Å². The van der Waals surface area contributed by atoms with Gasteiger partial charge in [-0.25, -0.2) is 4.68 Å². The van der Waals surface area contributed by atoms with Gasteiger partial charge in [-0.3, -0.25) is 9.59 Å². The topological polar surface area (TPSA) is 90.2 Å². The van der Waals surface area contributed by atoms with Crippen LogP contribution in [0.2, 0.25) is 0 Å². The van der Waals surface area contributed by atoms with E-state index < -0.39 is 0 Å². The fourth-order valence-electron chi connectivity index (χ4n) is 1.75. The third-order valence-electron chi connectivity index (χ3n) is 3.21. The van der Waals surface area contributed by atoms with Gasteiger partial charge in [0.1, 0.15) is 0 Å². The van der Waals surface area contributed by atoms with Crippen molar-refractivity contribution in [2.24, 2.45) is 0 Å². The summed E-state index contributed by atoms with van der Waals surface area (Å²) in [6.45, 7) is 0.530. The summed E-state index contributed by atoms with van der Waals surface area (Å²) in [7, 11) is 3.09. The van der Waals surface area contributed by atoms with Gasteiger partial charge in [0.15, 0.2) is 0 Å². The van der Waals surface area contributed by atoms with E-state index in [0.29, 0.717) is 36.3 Å². The van der Waals surface area contributed by atoms with Gasteiger partial charge in [-0.15, -0.1) is 5.10 Å². The van der Waals surface area contributed by atoms with E-state index in [9.17, 15) is 9.59 Å². The van der Waals surface area contributed by atoms with Crippen LogP contribution >= 0.6 is 11.8 Å². The zero-order valence-electron chi connectivity index (χ0n) is 12.2. The van der Waals surface area contributed by atoms with Gasteiger partial charge < -0.3 is 9.64 Å². The predicted octanol–water partition coefficient (Wildman–Crippen LogP) is 0.512. The largest absolute Gasteiger partial charge is 0.469 e. The highest BCUT2D eigenvalue weighted by atomic mass is 32.2. The molecule has 1 aliphatic carbocycles.